The van der Waals surface area contributed by atoms with Gasteiger partial charge in [-0.2, -0.15) is 0 Å². The van der Waals surface area contributed by atoms with Crippen LogP contribution in [0.4, 0.5) is 0 Å². The molecule has 0 aliphatic carbocycles. The van der Waals surface area contributed by atoms with Gasteiger partial charge in [0.25, 0.3) is 0 Å². The summed E-state index contributed by atoms with van der Waals surface area (Å²) in [7, 11) is 1.38. The number of carbonyl (C=O) groups is 1. The second-order valence-corrected chi connectivity index (χ2v) is 5.36. The zero-order valence-electron chi connectivity index (χ0n) is 12.3. The average molecular weight is 277 g/mol. The van der Waals surface area contributed by atoms with Crippen LogP contribution in [0.5, 0.6) is 5.75 Å². The molecule has 0 unspecified atom stereocenters. The van der Waals surface area contributed by atoms with Crippen molar-refractivity contribution in [3.8, 4) is 5.75 Å². The molecule has 1 aromatic rings. The van der Waals surface area contributed by atoms with Crippen LogP contribution in [0, 0.1) is 5.92 Å². The van der Waals surface area contributed by atoms with E-state index in [1.165, 1.54) is 20.0 Å². The number of likely N-dealkylation sites (tertiary alicyclic amines) is 1. The Labute approximate surface area is 120 Å². The molecule has 0 spiro atoms. The van der Waals surface area contributed by atoms with Crippen LogP contribution < -0.4 is 4.74 Å². The first-order chi connectivity index (χ1) is 9.70. The fourth-order valence-electron chi connectivity index (χ4n) is 2.44. The number of rotatable bonds is 5. The third kappa shape index (κ3) is 3.97. The number of nitrogens with zero attached hydrogens (tertiary/aromatic N) is 1. The molecule has 20 heavy (non-hydrogen) atoms. The van der Waals surface area contributed by atoms with Crippen LogP contribution in [-0.4, -0.2) is 44.2 Å². The lowest BCUT2D eigenvalue weighted by molar-refractivity contribution is 0.0595. The maximum absolute atomic E-state index is 11.6. The SMILES string of the molecule is COC(=O)c1ccccc1OCCN1CCC(C)CC1. The van der Waals surface area contributed by atoms with Crippen molar-refractivity contribution in [3.05, 3.63) is 29.8 Å². The van der Waals surface area contributed by atoms with Crippen LogP contribution in [0.3, 0.4) is 0 Å². The minimum absolute atomic E-state index is 0.354. The van der Waals surface area contributed by atoms with Gasteiger partial charge in [0, 0.05) is 6.54 Å². The molecule has 0 N–H and O–H groups in total. The van der Waals surface area contributed by atoms with E-state index in [0.29, 0.717) is 17.9 Å². The fraction of sp³-hybridized carbons (Fsp3) is 0.562. The molecule has 0 aromatic heterocycles. The highest BCUT2D eigenvalue weighted by molar-refractivity contribution is 5.92. The van der Waals surface area contributed by atoms with Gasteiger partial charge in [-0.25, -0.2) is 4.79 Å². The number of ether oxygens (including phenoxy) is 2. The Morgan fingerprint density at radius 1 is 1.30 bits per heavy atom. The monoisotopic (exact) mass is 277 g/mol. The van der Waals surface area contributed by atoms with Crippen molar-refractivity contribution in [2.75, 3.05) is 33.4 Å². The molecular formula is C16H23NO3. The van der Waals surface area contributed by atoms with E-state index in [2.05, 4.69) is 11.8 Å². The summed E-state index contributed by atoms with van der Waals surface area (Å²) in [5.41, 5.74) is 0.488. The Morgan fingerprint density at radius 3 is 2.70 bits per heavy atom. The van der Waals surface area contributed by atoms with Crippen molar-refractivity contribution < 1.29 is 14.3 Å². The molecule has 0 amide bonds. The molecular weight excluding hydrogens is 254 g/mol. The van der Waals surface area contributed by atoms with Crippen molar-refractivity contribution in [1.29, 1.82) is 0 Å². The minimum Gasteiger partial charge on any atom is -0.491 e. The summed E-state index contributed by atoms with van der Waals surface area (Å²) >= 11 is 0. The molecule has 4 heteroatoms. The van der Waals surface area contributed by atoms with Crippen molar-refractivity contribution in [2.24, 2.45) is 5.92 Å². The zero-order chi connectivity index (χ0) is 14.4. The maximum atomic E-state index is 11.6. The summed E-state index contributed by atoms with van der Waals surface area (Å²) in [6, 6.07) is 7.21. The number of benzene rings is 1. The van der Waals surface area contributed by atoms with E-state index in [4.69, 9.17) is 9.47 Å². The van der Waals surface area contributed by atoms with E-state index in [1.54, 1.807) is 6.07 Å². The summed E-state index contributed by atoms with van der Waals surface area (Å²) in [5, 5.41) is 0. The van der Waals surface area contributed by atoms with Crippen LogP contribution in [0.15, 0.2) is 24.3 Å². The zero-order valence-corrected chi connectivity index (χ0v) is 12.3. The Hall–Kier alpha value is -1.55. The van der Waals surface area contributed by atoms with Gasteiger partial charge in [0.05, 0.1) is 7.11 Å². The fourth-order valence-corrected chi connectivity index (χ4v) is 2.44. The summed E-state index contributed by atoms with van der Waals surface area (Å²) in [6.45, 7) is 6.09. The number of para-hydroxylation sites is 1. The second-order valence-electron chi connectivity index (χ2n) is 5.36. The molecule has 1 aromatic carbocycles. The van der Waals surface area contributed by atoms with E-state index in [1.807, 2.05) is 18.2 Å². The molecule has 2 rings (SSSR count). The van der Waals surface area contributed by atoms with Crippen LogP contribution >= 0.6 is 0 Å². The average Bonchev–Trinajstić information content (AvgIpc) is 2.49. The Kier molecular flexibility index (Phi) is 5.41. The minimum atomic E-state index is -0.354. The van der Waals surface area contributed by atoms with Crippen molar-refractivity contribution in [1.82, 2.24) is 4.90 Å². The van der Waals surface area contributed by atoms with E-state index >= 15 is 0 Å². The number of piperidine rings is 1. The number of carbonyl (C=O) groups excluding carboxylic acids is 1. The van der Waals surface area contributed by atoms with Gasteiger partial charge in [-0.3, -0.25) is 4.90 Å². The molecule has 1 aliphatic rings. The van der Waals surface area contributed by atoms with E-state index in [0.717, 1.165) is 25.6 Å². The maximum Gasteiger partial charge on any atom is 0.341 e. The predicted octanol–water partition coefficient (Wildman–Crippen LogP) is 2.58. The molecule has 1 heterocycles. The predicted molar refractivity (Wildman–Crippen MR) is 78.1 cm³/mol. The van der Waals surface area contributed by atoms with Crippen molar-refractivity contribution >= 4 is 5.97 Å². The lowest BCUT2D eigenvalue weighted by atomic mass is 9.99. The second kappa shape index (κ2) is 7.29. The van der Waals surface area contributed by atoms with Gasteiger partial charge in [-0.15, -0.1) is 0 Å². The highest BCUT2D eigenvalue weighted by Gasteiger charge is 2.16. The standard InChI is InChI=1S/C16H23NO3/c1-13-7-9-17(10-8-13)11-12-20-15-6-4-3-5-14(15)16(18)19-2/h3-6,13H,7-12H2,1-2H3. The lowest BCUT2D eigenvalue weighted by Crippen LogP contribution is -2.35. The molecule has 0 saturated carbocycles. The van der Waals surface area contributed by atoms with Gasteiger partial charge in [-0.05, 0) is 44.0 Å². The Balaban J connectivity index is 1.83. The Bertz CT molecular complexity index is 439. The summed E-state index contributed by atoms with van der Waals surface area (Å²) in [4.78, 5) is 14.0. The highest BCUT2D eigenvalue weighted by atomic mass is 16.5. The molecule has 1 fully saturated rings. The molecule has 110 valence electrons. The van der Waals surface area contributed by atoms with Gasteiger partial charge in [-0.1, -0.05) is 19.1 Å². The number of hydrogen-bond acceptors (Lipinski definition) is 4. The van der Waals surface area contributed by atoms with E-state index in [-0.39, 0.29) is 5.97 Å². The number of hydrogen-bond donors (Lipinski definition) is 0. The smallest absolute Gasteiger partial charge is 0.341 e. The summed E-state index contributed by atoms with van der Waals surface area (Å²) < 4.78 is 10.5. The van der Waals surface area contributed by atoms with E-state index < -0.39 is 0 Å². The first-order valence-corrected chi connectivity index (χ1v) is 7.23. The van der Waals surface area contributed by atoms with Crippen LogP contribution in [0.25, 0.3) is 0 Å². The summed E-state index contributed by atoms with van der Waals surface area (Å²) in [5.74, 6) is 1.09. The van der Waals surface area contributed by atoms with Gasteiger partial charge >= 0.3 is 5.97 Å². The van der Waals surface area contributed by atoms with Crippen LogP contribution in [0.1, 0.15) is 30.1 Å². The number of methoxy groups -OCH3 is 1. The van der Waals surface area contributed by atoms with Crippen LogP contribution in [-0.2, 0) is 4.74 Å². The van der Waals surface area contributed by atoms with Gasteiger partial charge in [0.2, 0.25) is 0 Å². The largest absolute Gasteiger partial charge is 0.491 e. The quantitative estimate of drug-likeness (QED) is 0.775. The van der Waals surface area contributed by atoms with Gasteiger partial charge < -0.3 is 9.47 Å². The normalized spacial score (nSPS) is 16.9. The van der Waals surface area contributed by atoms with Gasteiger partial charge in [0.15, 0.2) is 0 Å². The topological polar surface area (TPSA) is 38.8 Å². The van der Waals surface area contributed by atoms with Gasteiger partial charge in [0.1, 0.15) is 17.9 Å². The highest BCUT2D eigenvalue weighted by Crippen LogP contribution is 2.19. The van der Waals surface area contributed by atoms with Crippen molar-refractivity contribution in [3.63, 3.8) is 0 Å². The molecule has 1 saturated heterocycles. The third-order valence-electron chi connectivity index (χ3n) is 3.83. The molecule has 0 bridgehead atoms. The van der Waals surface area contributed by atoms with E-state index in [9.17, 15) is 4.79 Å². The lowest BCUT2D eigenvalue weighted by Gasteiger charge is -2.30. The molecule has 1 aliphatic heterocycles. The Morgan fingerprint density at radius 2 is 2.00 bits per heavy atom. The first kappa shape index (κ1) is 14.9. The third-order valence-corrected chi connectivity index (χ3v) is 3.83. The van der Waals surface area contributed by atoms with Crippen LogP contribution in [0.2, 0.25) is 0 Å². The molecule has 0 radical (unpaired) electrons. The summed E-state index contributed by atoms with van der Waals surface area (Å²) in [6.07, 6.45) is 2.53. The van der Waals surface area contributed by atoms with Crippen molar-refractivity contribution in [2.45, 2.75) is 19.8 Å². The molecule has 4 nitrogen and oxygen atoms in total. The number of esters is 1. The first-order valence-electron chi connectivity index (χ1n) is 7.23. The molecule has 0 atom stereocenters.